The van der Waals surface area contributed by atoms with E-state index in [0.29, 0.717) is 30.4 Å². The Bertz CT molecular complexity index is 395. The van der Waals surface area contributed by atoms with Gasteiger partial charge in [-0.1, -0.05) is 20.8 Å². The number of nitrogens with one attached hydrogen (secondary N) is 1. The van der Waals surface area contributed by atoms with E-state index in [0.717, 1.165) is 25.8 Å². The van der Waals surface area contributed by atoms with Crippen LogP contribution in [-0.4, -0.2) is 42.2 Å². The number of anilines is 2. The molecular weight excluding hydrogens is 254 g/mol. The van der Waals surface area contributed by atoms with Gasteiger partial charge < -0.3 is 15.0 Å². The van der Waals surface area contributed by atoms with Gasteiger partial charge in [0.15, 0.2) is 0 Å². The third kappa shape index (κ3) is 6.04. The van der Waals surface area contributed by atoms with Gasteiger partial charge in [0.25, 0.3) is 0 Å². The van der Waals surface area contributed by atoms with Gasteiger partial charge in [-0.2, -0.15) is 15.0 Å². The summed E-state index contributed by atoms with van der Waals surface area (Å²) in [6, 6.07) is 0.394. The van der Waals surface area contributed by atoms with Crippen molar-refractivity contribution < 1.29 is 4.74 Å². The van der Waals surface area contributed by atoms with Crippen LogP contribution in [0.2, 0.25) is 0 Å². The van der Waals surface area contributed by atoms with Crippen LogP contribution in [0.25, 0.3) is 0 Å². The molecule has 1 aromatic rings. The van der Waals surface area contributed by atoms with E-state index < -0.39 is 0 Å². The Hall–Kier alpha value is -1.59. The summed E-state index contributed by atoms with van der Waals surface area (Å²) in [5.41, 5.74) is 0. The summed E-state index contributed by atoms with van der Waals surface area (Å²) in [6.07, 6.45) is 3.18. The molecule has 6 heteroatoms. The second-order valence-electron chi connectivity index (χ2n) is 5.45. The molecule has 1 rings (SSSR count). The molecule has 0 radical (unpaired) electrons. The van der Waals surface area contributed by atoms with Crippen LogP contribution in [0.3, 0.4) is 0 Å². The lowest BCUT2D eigenvalue weighted by Gasteiger charge is -2.13. The third-order valence-corrected chi connectivity index (χ3v) is 2.69. The van der Waals surface area contributed by atoms with E-state index in [-0.39, 0.29) is 0 Å². The predicted molar refractivity (Wildman–Crippen MR) is 82.5 cm³/mol. The summed E-state index contributed by atoms with van der Waals surface area (Å²) in [5.74, 6) is 1.87. The van der Waals surface area contributed by atoms with Crippen LogP contribution in [0, 0.1) is 5.92 Å². The lowest BCUT2D eigenvalue weighted by Crippen LogP contribution is -2.16. The Morgan fingerprint density at radius 2 is 1.95 bits per heavy atom. The Balaban J connectivity index is 2.65. The Kier molecular flexibility index (Phi) is 7.04. The van der Waals surface area contributed by atoms with Crippen molar-refractivity contribution in [3.05, 3.63) is 0 Å². The van der Waals surface area contributed by atoms with Crippen LogP contribution in [0.1, 0.15) is 40.0 Å². The molecule has 0 saturated heterocycles. The highest BCUT2D eigenvalue weighted by Crippen LogP contribution is 2.14. The van der Waals surface area contributed by atoms with Crippen molar-refractivity contribution in [1.82, 2.24) is 15.0 Å². The molecule has 0 atom stereocenters. The molecule has 0 saturated carbocycles. The standard InChI is InChI=1S/C14H27N5O/c1-6-9-15-12-16-13(19(4)5)18-14(17-12)20-10-7-8-11(2)3/h11H,6-10H2,1-5H3,(H,15,16,17,18). The van der Waals surface area contributed by atoms with Crippen LogP contribution in [0.15, 0.2) is 0 Å². The average Bonchev–Trinajstić information content (AvgIpc) is 2.41. The first kappa shape index (κ1) is 16.5. The van der Waals surface area contributed by atoms with Crippen molar-refractivity contribution in [3.8, 4) is 6.01 Å². The van der Waals surface area contributed by atoms with Gasteiger partial charge in [-0.05, 0) is 25.2 Å². The highest BCUT2D eigenvalue weighted by molar-refractivity contribution is 5.36. The maximum Gasteiger partial charge on any atom is 0.323 e. The van der Waals surface area contributed by atoms with Gasteiger partial charge in [-0.15, -0.1) is 0 Å². The van der Waals surface area contributed by atoms with E-state index in [2.05, 4.69) is 41.0 Å². The van der Waals surface area contributed by atoms with E-state index in [9.17, 15) is 0 Å². The topological polar surface area (TPSA) is 63.2 Å². The zero-order chi connectivity index (χ0) is 15.0. The summed E-state index contributed by atoms with van der Waals surface area (Å²) in [5, 5.41) is 3.17. The van der Waals surface area contributed by atoms with E-state index in [4.69, 9.17) is 4.74 Å². The first-order valence-electron chi connectivity index (χ1n) is 7.33. The molecule has 1 N–H and O–H groups in total. The van der Waals surface area contributed by atoms with E-state index >= 15 is 0 Å². The second kappa shape index (κ2) is 8.55. The molecular formula is C14H27N5O. The maximum absolute atomic E-state index is 5.64. The van der Waals surface area contributed by atoms with E-state index in [1.54, 1.807) is 0 Å². The summed E-state index contributed by atoms with van der Waals surface area (Å²) in [4.78, 5) is 14.8. The summed E-state index contributed by atoms with van der Waals surface area (Å²) in [6.45, 7) is 8.00. The van der Waals surface area contributed by atoms with Crippen LogP contribution in [0.4, 0.5) is 11.9 Å². The van der Waals surface area contributed by atoms with Crippen molar-refractivity contribution in [2.45, 2.75) is 40.0 Å². The molecule has 0 unspecified atom stereocenters. The summed E-state index contributed by atoms with van der Waals surface area (Å²) >= 11 is 0. The molecule has 0 fully saturated rings. The van der Waals surface area contributed by atoms with E-state index in [1.165, 1.54) is 0 Å². The number of ether oxygens (including phenoxy) is 1. The van der Waals surface area contributed by atoms with Gasteiger partial charge in [-0.3, -0.25) is 0 Å². The number of hydrogen-bond acceptors (Lipinski definition) is 6. The van der Waals surface area contributed by atoms with Crippen LogP contribution in [0.5, 0.6) is 6.01 Å². The zero-order valence-corrected chi connectivity index (χ0v) is 13.3. The fraction of sp³-hybridized carbons (Fsp3) is 0.786. The number of aromatic nitrogens is 3. The maximum atomic E-state index is 5.64. The van der Waals surface area contributed by atoms with Crippen LogP contribution in [-0.2, 0) is 0 Å². The van der Waals surface area contributed by atoms with Gasteiger partial charge in [0.1, 0.15) is 0 Å². The highest BCUT2D eigenvalue weighted by Gasteiger charge is 2.08. The fourth-order valence-electron chi connectivity index (χ4n) is 1.58. The molecule has 6 nitrogen and oxygen atoms in total. The van der Waals surface area contributed by atoms with Crippen LogP contribution >= 0.6 is 0 Å². The van der Waals surface area contributed by atoms with Gasteiger partial charge in [0.05, 0.1) is 6.61 Å². The molecule has 20 heavy (non-hydrogen) atoms. The lowest BCUT2D eigenvalue weighted by molar-refractivity contribution is 0.275. The lowest BCUT2D eigenvalue weighted by atomic mass is 10.1. The van der Waals surface area contributed by atoms with Crippen molar-refractivity contribution in [1.29, 1.82) is 0 Å². The molecule has 1 aromatic heterocycles. The quantitative estimate of drug-likeness (QED) is 0.702. The summed E-state index contributed by atoms with van der Waals surface area (Å²) in [7, 11) is 3.81. The SMILES string of the molecule is CCCNc1nc(OCCCC(C)C)nc(N(C)C)n1. The third-order valence-electron chi connectivity index (χ3n) is 2.69. The number of rotatable bonds is 9. The average molecular weight is 281 g/mol. The van der Waals surface area contributed by atoms with Gasteiger partial charge in [-0.25, -0.2) is 0 Å². The Labute approximate surface area is 122 Å². The minimum atomic E-state index is 0.394. The second-order valence-corrected chi connectivity index (χ2v) is 5.45. The molecule has 0 aliphatic rings. The number of hydrogen-bond donors (Lipinski definition) is 1. The van der Waals surface area contributed by atoms with Crippen molar-refractivity contribution in [2.75, 3.05) is 37.5 Å². The highest BCUT2D eigenvalue weighted by atomic mass is 16.5. The van der Waals surface area contributed by atoms with Gasteiger partial charge in [0.2, 0.25) is 11.9 Å². The number of nitrogens with zero attached hydrogens (tertiary/aromatic N) is 4. The minimum Gasteiger partial charge on any atom is -0.463 e. The predicted octanol–water partition coefficient (Wildman–Crippen LogP) is 2.57. The van der Waals surface area contributed by atoms with Crippen molar-refractivity contribution >= 4 is 11.9 Å². The van der Waals surface area contributed by atoms with Crippen molar-refractivity contribution in [3.63, 3.8) is 0 Å². The molecule has 0 amide bonds. The van der Waals surface area contributed by atoms with Gasteiger partial charge in [0, 0.05) is 20.6 Å². The molecule has 0 aliphatic heterocycles. The Morgan fingerprint density at radius 1 is 1.20 bits per heavy atom. The van der Waals surface area contributed by atoms with Crippen LogP contribution < -0.4 is 15.0 Å². The normalized spacial score (nSPS) is 10.7. The minimum absolute atomic E-state index is 0.394. The first-order valence-corrected chi connectivity index (χ1v) is 7.33. The largest absolute Gasteiger partial charge is 0.463 e. The first-order chi connectivity index (χ1) is 9.52. The molecule has 0 bridgehead atoms. The Morgan fingerprint density at radius 3 is 2.55 bits per heavy atom. The fourth-order valence-corrected chi connectivity index (χ4v) is 1.58. The monoisotopic (exact) mass is 281 g/mol. The van der Waals surface area contributed by atoms with Gasteiger partial charge >= 0.3 is 6.01 Å². The molecule has 1 heterocycles. The molecule has 114 valence electrons. The zero-order valence-electron chi connectivity index (χ0n) is 13.3. The van der Waals surface area contributed by atoms with Crippen molar-refractivity contribution in [2.24, 2.45) is 5.92 Å². The molecule has 0 aromatic carbocycles. The summed E-state index contributed by atoms with van der Waals surface area (Å²) < 4.78 is 5.64. The molecule has 0 aliphatic carbocycles. The molecule has 0 spiro atoms. The van der Waals surface area contributed by atoms with E-state index in [1.807, 2.05) is 19.0 Å². The smallest absolute Gasteiger partial charge is 0.323 e.